The Morgan fingerprint density at radius 2 is 1.65 bits per heavy atom. The number of carboxylic acid groups (broad SMARTS) is 2. The van der Waals surface area contributed by atoms with Crippen molar-refractivity contribution in [2.45, 2.75) is 34.6 Å². The first-order chi connectivity index (χ1) is 7.49. The molecule has 0 unspecified atom stereocenters. The second kappa shape index (κ2) is 3.59. The number of aliphatic carboxylic acids is 2. The molecule has 0 aromatic carbocycles. The molecule has 0 bridgehead atoms. The number of allylic oxidation sites excluding steroid dienone is 1. The Morgan fingerprint density at radius 1 is 1.18 bits per heavy atom. The molecule has 0 amide bonds. The summed E-state index contributed by atoms with van der Waals surface area (Å²) in [6.07, 6.45) is 2.56. The van der Waals surface area contributed by atoms with E-state index in [2.05, 4.69) is 0 Å². The molecule has 4 heteroatoms. The molecule has 96 valence electrons. The molecule has 1 fully saturated rings. The predicted octanol–water partition coefficient (Wildman–Crippen LogP) is 2.40. The highest BCUT2D eigenvalue weighted by Gasteiger charge is 2.79. The van der Waals surface area contributed by atoms with Crippen molar-refractivity contribution in [2.24, 2.45) is 22.2 Å². The summed E-state index contributed by atoms with van der Waals surface area (Å²) in [4.78, 5) is 22.2. The number of rotatable bonds is 3. The predicted molar refractivity (Wildman–Crippen MR) is 63.6 cm³/mol. The fourth-order valence-electron chi connectivity index (χ4n) is 3.53. The molecule has 17 heavy (non-hydrogen) atoms. The van der Waals surface area contributed by atoms with Gasteiger partial charge >= 0.3 is 11.9 Å². The van der Waals surface area contributed by atoms with Gasteiger partial charge in [0.15, 0.2) is 0 Å². The van der Waals surface area contributed by atoms with Gasteiger partial charge in [-0.05, 0) is 10.8 Å². The van der Waals surface area contributed by atoms with E-state index in [1.54, 1.807) is 0 Å². The van der Waals surface area contributed by atoms with Crippen LogP contribution in [0, 0.1) is 22.2 Å². The number of hydrogen-bond acceptors (Lipinski definition) is 2. The fraction of sp³-hybridized carbons (Fsp3) is 0.692. The van der Waals surface area contributed by atoms with Crippen molar-refractivity contribution in [2.75, 3.05) is 0 Å². The summed E-state index contributed by atoms with van der Waals surface area (Å²) in [5.41, 5.74) is -1.75. The fourth-order valence-corrected chi connectivity index (χ4v) is 3.53. The first kappa shape index (κ1) is 13.7. The van der Waals surface area contributed by atoms with E-state index in [-0.39, 0.29) is 5.92 Å². The van der Waals surface area contributed by atoms with Crippen molar-refractivity contribution < 1.29 is 19.8 Å². The Bertz CT molecular complexity index is 387. The van der Waals surface area contributed by atoms with Crippen LogP contribution in [0.3, 0.4) is 0 Å². The highest BCUT2D eigenvalue weighted by atomic mass is 16.4. The lowest BCUT2D eigenvalue weighted by Gasteiger charge is -2.30. The van der Waals surface area contributed by atoms with Crippen LogP contribution in [0.1, 0.15) is 34.6 Å². The number of hydrogen-bond donors (Lipinski definition) is 2. The molecule has 1 aliphatic rings. The van der Waals surface area contributed by atoms with Crippen LogP contribution in [-0.4, -0.2) is 22.2 Å². The van der Waals surface area contributed by atoms with E-state index in [0.29, 0.717) is 0 Å². The Hall–Kier alpha value is -1.32. The topological polar surface area (TPSA) is 74.6 Å². The van der Waals surface area contributed by atoms with E-state index < -0.39 is 28.2 Å². The van der Waals surface area contributed by atoms with Crippen molar-refractivity contribution in [3.63, 3.8) is 0 Å². The van der Waals surface area contributed by atoms with Crippen molar-refractivity contribution in [3.8, 4) is 0 Å². The van der Waals surface area contributed by atoms with Gasteiger partial charge in [0.1, 0.15) is 0 Å². The zero-order valence-electron chi connectivity index (χ0n) is 10.9. The molecule has 0 radical (unpaired) electrons. The van der Waals surface area contributed by atoms with Crippen LogP contribution in [0.4, 0.5) is 0 Å². The van der Waals surface area contributed by atoms with E-state index in [0.717, 1.165) is 6.08 Å². The van der Waals surface area contributed by atoms with E-state index >= 15 is 0 Å². The zero-order chi connectivity index (χ0) is 13.6. The molecule has 2 atom stereocenters. The molecular weight excluding hydrogens is 220 g/mol. The van der Waals surface area contributed by atoms with Gasteiger partial charge in [0.05, 0.1) is 5.41 Å². The zero-order valence-corrected chi connectivity index (χ0v) is 10.9. The van der Waals surface area contributed by atoms with Gasteiger partial charge in [-0.25, -0.2) is 4.79 Å². The van der Waals surface area contributed by atoms with Crippen molar-refractivity contribution >= 4 is 11.9 Å². The quantitative estimate of drug-likeness (QED) is 0.743. The minimum Gasteiger partial charge on any atom is -0.481 e. The summed E-state index contributed by atoms with van der Waals surface area (Å²) in [6, 6.07) is 0. The molecule has 1 saturated carbocycles. The van der Waals surface area contributed by atoms with Gasteiger partial charge < -0.3 is 10.2 Å². The van der Waals surface area contributed by atoms with Crippen molar-refractivity contribution in [3.05, 3.63) is 12.2 Å². The third-order valence-electron chi connectivity index (χ3n) is 4.13. The minimum atomic E-state index is -1.04. The van der Waals surface area contributed by atoms with Crippen molar-refractivity contribution in [1.29, 1.82) is 0 Å². The Kier molecular flexibility index (Phi) is 2.90. The van der Waals surface area contributed by atoms with Gasteiger partial charge in [-0.1, -0.05) is 40.7 Å². The Balaban J connectivity index is 3.19. The lowest BCUT2D eigenvalue weighted by molar-refractivity contribution is -0.150. The maximum absolute atomic E-state index is 11.6. The van der Waals surface area contributed by atoms with Gasteiger partial charge in [0.25, 0.3) is 0 Å². The molecule has 4 nitrogen and oxygen atoms in total. The maximum Gasteiger partial charge on any atom is 0.327 e. The van der Waals surface area contributed by atoms with Crippen LogP contribution in [0.5, 0.6) is 0 Å². The Labute approximate surface area is 101 Å². The molecular formula is C13H20O4. The maximum atomic E-state index is 11.6. The molecule has 1 aliphatic carbocycles. The molecule has 0 spiro atoms. The van der Waals surface area contributed by atoms with Gasteiger partial charge in [0, 0.05) is 12.0 Å². The van der Waals surface area contributed by atoms with Gasteiger partial charge in [-0.3, -0.25) is 4.79 Å². The summed E-state index contributed by atoms with van der Waals surface area (Å²) in [6.45, 7) is 9.42. The van der Waals surface area contributed by atoms with Crippen LogP contribution in [-0.2, 0) is 9.59 Å². The number of carboxylic acids is 2. The van der Waals surface area contributed by atoms with E-state index in [9.17, 15) is 14.7 Å². The van der Waals surface area contributed by atoms with Crippen LogP contribution >= 0.6 is 0 Å². The molecule has 0 aliphatic heterocycles. The summed E-state index contributed by atoms with van der Waals surface area (Å²) in [7, 11) is 0. The molecule has 0 heterocycles. The van der Waals surface area contributed by atoms with Crippen LogP contribution in [0.15, 0.2) is 12.2 Å². The van der Waals surface area contributed by atoms with Gasteiger partial charge in [-0.15, -0.1) is 0 Å². The average Bonchev–Trinajstić information content (AvgIpc) is 2.58. The monoisotopic (exact) mass is 240 g/mol. The largest absolute Gasteiger partial charge is 0.481 e. The summed E-state index contributed by atoms with van der Waals surface area (Å²) in [5.74, 6) is -2.14. The normalized spacial score (nSPS) is 31.5. The summed E-state index contributed by atoms with van der Waals surface area (Å²) in [5, 5.41) is 18.2. The van der Waals surface area contributed by atoms with Gasteiger partial charge in [-0.2, -0.15) is 0 Å². The lowest BCUT2D eigenvalue weighted by atomic mass is 9.72. The smallest absolute Gasteiger partial charge is 0.327 e. The Morgan fingerprint density at radius 3 is 1.88 bits per heavy atom. The highest BCUT2D eigenvalue weighted by molar-refractivity contribution is 5.84. The van der Waals surface area contributed by atoms with E-state index in [4.69, 9.17) is 5.11 Å². The average molecular weight is 240 g/mol. The highest BCUT2D eigenvalue weighted by Crippen LogP contribution is 2.76. The SMILES string of the molecule is CC(C)(C)[C@]1(C(=O)O)[C@@H](/C=C\C(=O)O)C1(C)C. The molecule has 0 aromatic rings. The first-order valence-electron chi connectivity index (χ1n) is 5.64. The second-order valence-corrected chi connectivity index (χ2v) is 6.26. The lowest BCUT2D eigenvalue weighted by Crippen LogP contribution is -2.35. The van der Waals surface area contributed by atoms with Gasteiger partial charge in [0.2, 0.25) is 0 Å². The molecule has 1 rings (SSSR count). The number of carbonyl (C=O) groups is 2. The van der Waals surface area contributed by atoms with E-state index in [1.165, 1.54) is 6.08 Å². The molecule has 0 aromatic heterocycles. The van der Waals surface area contributed by atoms with Crippen LogP contribution in [0.25, 0.3) is 0 Å². The summed E-state index contributed by atoms with van der Waals surface area (Å²) < 4.78 is 0. The standard InChI is InChI=1S/C13H20O4/c1-11(2,3)13(10(16)17)8(12(13,4)5)6-7-9(14)15/h6-8H,1-5H3,(H,14,15)(H,16,17)/b7-6-/t8-,13+/m0/s1. The minimum absolute atomic E-state index is 0.247. The second-order valence-electron chi connectivity index (χ2n) is 6.26. The van der Waals surface area contributed by atoms with Crippen LogP contribution in [0.2, 0.25) is 0 Å². The third kappa shape index (κ3) is 1.66. The van der Waals surface area contributed by atoms with Crippen LogP contribution < -0.4 is 0 Å². The molecule has 2 N–H and O–H groups in total. The molecule has 0 saturated heterocycles. The first-order valence-corrected chi connectivity index (χ1v) is 5.64. The third-order valence-corrected chi connectivity index (χ3v) is 4.13. The van der Waals surface area contributed by atoms with E-state index in [1.807, 2.05) is 34.6 Å². The summed E-state index contributed by atoms with van der Waals surface area (Å²) >= 11 is 0. The van der Waals surface area contributed by atoms with Crippen molar-refractivity contribution in [1.82, 2.24) is 0 Å².